The number of benzene rings is 2. The van der Waals surface area contributed by atoms with Gasteiger partial charge in [0.2, 0.25) is 5.91 Å². The summed E-state index contributed by atoms with van der Waals surface area (Å²) in [4.78, 5) is 12.1. The fourth-order valence-electron chi connectivity index (χ4n) is 3.50. The summed E-state index contributed by atoms with van der Waals surface area (Å²) < 4.78 is 33.4. The SMILES string of the molecule is O=C(C=Cc1ccc(S(=O)(=O)Nc2ccccc2Cl)cc1)NCCCOC1CCCCC1. The minimum Gasteiger partial charge on any atom is -0.378 e. The van der Waals surface area contributed by atoms with Crippen LogP contribution in [-0.2, 0) is 19.6 Å². The Kier molecular flexibility index (Phi) is 9.14. The summed E-state index contributed by atoms with van der Waals surface area (Å²) >= 11 is 6.02. The lowest BCUT2D eigenvalue weighted by Gasteiger charge is -2.21. The maximum atomic E-state index is 12.5. The standard InChI is InChI=1S/C24H29ClN2O4S/c25-22-9-4-5-10-23(22)27-32(29,30)21-14-11-19(12-15-21)13-16-24(28)26-17-6-18-31-20-7-2-1-3-8-20/h4-5,9-16,20,27H,1-3,6-8,17-18H2,(H,26,28). The zero-order valence-corrected chi connectivity index (χ0v) is 19.5. The summed E-state index contributed by atoms with van der Waals surface area (Å²) in [5, 5.41) is 3.16. The molecule has 6 nitrogen and oxygen atoms in total. The third-order valence-electron chi connectivity index (χ3n) is 5.26. The number of rotatable bonds is 10. The lowest BCUT2D eigenvalue weighted by Crippen LogP contribution is -2.24. The number of carbonyl (C=O) groups excluding carboxylic acids is 1. The second-order valence-electron chi connectivity index (χ2n) is 7.76. The van der Waals surface area contributed by atoms with Crippen molar-refractivity contribution in [1.82, 2.24) is 5.32 Å². The second-order valence-corrected chi connectivity index (χ2v) is 9.85. The molecule has 0 radical (unpaired) electrons. The highest BCUT2D eigenvalue weighted by atomic mass is 35.5. The number of halogens is 1. The van der Waals surface area contributed by atoms with E-state index in [1.165, 1.54) is 37.5 Å². The minimum atomic E-state index is -3.76. The van der Waals surface area contributed by atoms with Crippen molar-refractivity contribution in [3.8, 4) is 0 Å². The molecule has 0 spiro atoms. The molecule has 1 aliphatic rings. The zero-order chi connectivity index (χ0) is 22.8. The highest BCUT2D eigenvalue weighted by Gasteiger charge is 2.15. The van der Waals surface area contributed by atoms with Crippen LogP contribution >= 0.6 is 11.6 Å². The first-order chi connectivity index (χ1) is 15.4. The first-order valence-corrected chi connectivity index (χ1v) is 12.7. The van der Waals surface area contributed by atoms with Crippen LogP contribution in [0.1, 0.15) is 44.1 Å². The Hall–Kier alpha value is -2.35. The molecule has 0 aromatic heterocycles. The summed E-state index contributed by atoms with van der Waals surface area (Å²) in [6.07, 6.45) is 10.3. The fraction of sp³-hybridized carbons (Fsp3) is 0.375. The first-order valence-electron chi connectivity index (χ1n) is 10.9. The van der Waals surface area contributed by atoms with Crippen LogP contribution in [0.3, 0.4) is 0 Å². The van der Waals surface area contributed by atoms with Crippen LogP contribution in [-0.4, -0.2) is 33.6 Å². The number of hydrogen-bond acceptors (Lipinski definition) is 4. The van der Waals surface area contributed by atoms with Crippen molar-refractivity contribution >= 4 is 39.3 Å². The smallest absolute Gasteiger partial charge is 0.261 e. The number of nitrogens with one attached hydrogen (secondary N) is 2. The quantitative estimate of drug-likeness (QED) is 0.373. The molecule has 172 valence electrons. The number of ether oxygens (including phenoxy) is 1. The first kappa shape index (κ1) is 24.3. The Bertz CT molecular complexity index is 1020. The summed E-state index contributed by atoms with van der Waals surface area (Å²) in [5.74, 6) is -0.195. The van der Waals surface area contributed by atoms with Crippen molar-refractivity contribution in [2.24, 2.45) is 0 Å². The maximum Gasteiger partial charge on any atom is 0.261 e. The van der Waals surface area contributed by atoms with Gasteiger partial charge in [-0.05, 0) is 55.2 Å². The van der Waals surface area contributed by atoms with Crippen molar-refractivity contribution in [2.45, 2.75) is 49.5 Å². The number of hydrogen-bond donors (Lipinski definition) is 2. The van der Waals surface area contributed by atoms with Crippen LogP contribution in [0.5, 0.6) is 0 Å². The van der Waals surface area contributed by atoms with E-state index in [1.807, 2.05) is 0 Å². The molecule has 0 atom stereocenters. The van der Waals surface area contributed by atoms with Crippen molar-refractivity contribution in [3.05, 3.63) is 65.2 Å². The molecule has 0 heterocycles. The van der Waals surface area contributed by atoms with Gasteiger partial charge in [0.1, 0.15) is 0 Å². The molecule has 2 N–H and O–H groups in total. The van der Waals surface area contributed by atoms with E-state index in [-0.39, 0.29) is 10.8 Å². The molecule has 8 heteroatoms. The highest BCUT2D eigenvalue weighted by molar-refractivity contribution is 7.92. The molecule has 2 aromatic carbocycles. The van der Waals surface area contributed by atoms with Gasteiger partial charge in [0, 0.05) is 19.2 Å². The van der Waals surface area contributed by atoms with Gasteiger partial charge in [-0.1, -0.05) is 55.1 Å². The molecular formula is C24H29ClN2O4S. The van der Waals surface area contributed by atoms with E-state index in [2.05, 4.69) is 10.0 Å². The van der Waals surface area contributed by atoms with Gasteiger partial charge in [0.05, 0.1) is 21.7 Å². The van der Waals surface area contributed by atoms with E-state index in [0.29, 0.717) is 30.0 Å². The van der Waals surface area contributed by atoms with E-state index in [4.69, 9.17) is 16.3 Å². The van der Waals surface area contributed by atoms with E-state index in [0.717, 1.165) is 24.8 Å². The van der Waals surface area contributed by atoms with Crippen molar-refractivity contribution < 1.29 is 17.9 Å². The van der Waals surface area contributed by atoms with Crippen LogP contribution in [0.15, 0.2) is 59.5 Å². The summed E-state index contributed by atoms with van der Waals surface area (Å²) in [5.41, 5.74) is 1.04. The van der Waals surface area contributed by atoms with Crippen molar-refractivity contribution in [3.63, 3.8) is 0 Å². The number of para-hydroxylation sites is 1. The molecule has 1 amide bonds. The molecule has 2 aromatic rings. The highest BCUT2D eigenvalue weighted by Crippen LogP contribution is 2.24. The molecule has 32 heavy (non-hydrogen) atoms. The summed E-state index contributed by atoms with van der Waals surface area (Å²) in [6.45, 7) is 1.22. The third kappa shape index (κ3) is 7.65. The van der Waals surface area contributed by atoms with Crippen LogP contribution < -0.4 is 10.0 Å². The molecule has 0 bridgehead atoms. The molecule has 1 aliphatic carbocycles. The second kappa shape index (κ2) is 12.0. The molecular weight excluding hydrogens is 448 g/mol. The van der Waals surface area contributed by atoms with Gasteiger partial charge in [-0.3, -0.25) is 9.52 Å². The molecule has 1 saturated carbocycles. The topological polar surface area (TPSA) is 84.5 Å². The van der Waals surface area contributed by atoms with Crippen LogP contribution in [0, 0.1) is 0 Å². The van der Waals surface area contributed by atoms with Gasteiger partial charge in [0.25, 0.3) is 10.0 Å². The molecule has 0 aliphatic heterocycles. The van der Waals surface area contributed by atoms with E-state index >= 15 is 0 Å². The molecule has 0 unspecified atom stereocenters. The Morgan fingerprint density at radius 1 is 1.06 bits per heavy atom. The van der Waals surface area contributed by atoms with Gasteiger partial charge in [-0.15, -0.1) is 0 Å². The number of anilines is 1. The summed E-state index contributed by atoms with van der Waals surface area (Å²) in [7, 11) is -3.76. The zero-order valence-electron chi connectivity index (χ0n) is 17.9. The maximum absolute atomic E-state index is 12.5. The minimum absolute atomic E-state index is 0.108. The largest absolute Gasteiger partial charge is 0.378 e. The van der Waals surface area contributed by atoms with Gasteiger partial charge in [-0.25, -0.2) is 8.42 Å². The van der Waals surface area contributed by atoms with Gasteiger partial charge < -0.3 is 10.1 Å². The normalized spacial score (nSPS) is 15.0. The average molecular weight is 477 g/mol. The fourth-order valence-corrected chi connectivity index (χ4v) is 4.82. The Labute approximate surface area is 195 Å². The Morgan fingerprint density at radius 2 is 1.78 bits per heavy atom. The van der Waals surface area contributed by atoms with Gasteiger partial charge in [-0.2, -0.15) is 0 Å². The molecule has 0 saturated heterocycles. The number of sulfonamides is 1. The van der Waals surface area contributed by atoms with Crippen LogP contribution in [0.25, 0.3) is 6.08 Å². The van der Waals surface area contributed by atoms with Crippen molar-refractivity contribution in [2.75, 3.05) is 17.9 Å². The number of carbonyl (C=O) groups is 1. The summed E-state index contributed by atoms with van der Waals surface area (Å²) in [6, 6.07) is 12.9. The van der Waals surface area contributed by atoms with E-state index < -0.39 is 10.0 Å². The van der Waals surface area contributed by atoms with Gasteiger partial charge >= 0.3 is 0 Å². The predicted molar refractivity (Wildman–Crippen MR) is 128 cm³/mol. The van der Waals surface area contributed by atoms with E-state index in [9.17, 15) is 13.2 Å². The predicted octanol–water partition coefficient (Wildman–Crippen LogP) is 5.01. The third-order valence-corrected chi connectivity index (χ3v) is 6.97. The molecule has 1 fully saturated rings. The number of amides is 1. The van der Waals surface area contributed by atoms with Crippen LogP contribution in [0.4, 0.5) is 5.69 Å². The monoisotopic (exact) mass is 476 g/mol. The average Bonchev–Trinajstić information content (AvgIpc) is 2.80. The lowest BCUT2D eigenvalue weighted by molar-refractivity contribution is -0.116. The van der Waals surface area contributed by atoms with Crippen molar-refractivity contribution in [1.29, 1.82) is 0 Å². The lowest BCUT2D eigenvalue weighted by atomic mass is 9.98. The van der Waals surface area contributed by atoms with Gasteiger partial charge in [0.15, 0.2) is 0 Å². The Morgan fingerprint density at radius 3 is 2.50 bits per heavy atom. The Balaban J connectivity index is 1.43. The molecule has 3 rings (SSSR count). The van der Waals surface area contributed by atoms with Crippen LogP contribution in [0.2, 0.25) is 5.02 Å². The van der Waals surface area contributed by atoms with E-state index in [1.54, 1.807) is 42.5 Å².